The number of rotatable bonds is 7. The molecule has 0 N–H and O–H groups in total. The molecule has 0 aromatic carbocycles. The number of ether oxygens (including phenoxy) is 2. The fourth-order valence-corrected chi connectivity index (χ4v) is 2.35. The standard InChI is InChI=1S/C13H27NO2/c1-4-15-13(16-5-2)9-11-14-10-7-6-8-12(14)3/h12-13H,4-11H2,1-3H3. The molecule has 3 heteroatoms. The average Bonchev–Trinajstić information content (AvgIpc) is 2.28. The zero-order chi connectivity index (χ0) is 11.8. The molecule has 1 aliphatic rings. The van der Waals surface area contributed by atoms with Gasteiger partial charge in [0.25, 0.3) is 0 Å². The molecule has 0 aromatic heterocycles. The molecule has 0 amide bonds. The van der Waals surface area contributed by atoms with E-state index in [4.69, 9.17) is 9.47 Å². The summed E-state index contributed by atoms with van der Waals surface area (Å²) in [4.78, 5) is 2.56. The van der Waals surface area contributed by atoms with Crippen molar-refractivity contribution in [1.29, 1.82) is 0 Å². The van der Waals surface area contributed by atoms with Crippen molar-refractivity contribution in [3.8, 4) is 0 Å². The first kappa shape index (κ1) is 13.9. The lowest BCUT2D eigenvalue weighted by Gasteiger charge is -2.34. The summed E-state index contributed by atoms with van der Waals surface area (Å²) >= 11 is 0. The first-order chi connectivity index (χ1) is 7.77. The van der Waals surface area contributed by atoms with E-state index in [2.05, 4.69) is 11.8 Å². The van der Waals surface area contributed by atoms with E-state index in [0.29, 0.717) is 0 Å². The molecule has 0 radical (unpaired) electrons. The van der Waals surface area contributed by atoms with Crippen molar-refractivity contribution in [3.05, 3.63) is 0 Å². The van der Waals surface area contributed by atoms with Gasteiger partial charge in [0, 0.05) is 32.2 Å². The van der Waals surface area contributed by atoms with Crippen LogP contribution in [0.4, 0.5) is 0 Å². The topological polar surface area (TPSA) is 21.7 Å². The minimum absolute atomic E-state index is 0.0101. The second-order valence-electron chi connectivity index (χ2n) is 4.51. The van der Waals surface area contributed by atoms with E-state index < -0.39 is 0 Å². The molecular weight excluding hydrogens is 202 g/mol. The molecular formula is C13H27NO2. The maximum atomic E-state index is 5.56. The zero-order valence-electron chi connectivity index (χ0n) is 11.1. The van der Waals surface area contributed by atoms with Gasteiger partial charge in [-0.25, -0.2) is 0 Å². The lowest BCUT2D eigenvalue weighted by atomic mass is 10.0. The molecule has 0 aliphatic carbocycles. The van der Waals surface area contributed by atoms with Crippen LogP contribution in [0.1, 0.15) is 46.5 Å². The number of likely N-dealkylation sites (tertiary alicyclic amines) is 1. The van der Waals surface area contributed by atoms with Gasteiger partial charge >= 0.3 is 0 Å². The Morgan fingerprint density at radius 3 is 2.44 bits per heavy atom. The van der Waals surface area contributed by atoms with Crippen LogP contribution in [0.25, 0.3) is 0 Å². The van der Waals surface area contributed by atoms with E-state index in [9.17, 15) is 0 Å². The predicted octanol–water partition coefficient (Wildman–Crippen LogP) is 2.65. The molecule has 1 rings (SSSR count). The Morgan fingerprint density at radius 2 is 1.88 bits per heavy atom. The van der Waals surface area contributed by atoms with E-state index in [-0.39, 0.29) is 6.29 Å². The molecule has 96 valence electrons. The van der Waals surface area contributed by atoms with Gasteiger partial charge in [-0.05, 0) is 40.2 Å². The zero-order valence-corrected chi connectivity index (χ0v) is 11.1. The maximum absolute atomic E-state index is 5.56. The molecule has 1 heterocycles. The Bertz CT molecular complexity index is 169. The van der Waals surface area contributed by atoms with Crippen molar-refractivity contribution in [1.82, 2.24) is 4.90 Å². The second kappa shape index (κ2) is 8.04. The minimum Gasteiger partial charge on any atom is -0.353 e. The van der Waals surface area contributed by atoms with Crippen LogP contribution in [0.5, 0.6) is 0 Å². The first-order valence-corrected chi connectivity index (χ1v) is 6.75. The molecule has 0 spiro atoms. The van der Waals surface area contributed by atoms with Gasteiger partial charge in [0.05, 0.1) is 0 Å². The SMILES string of the molecule is CCOC(CCN1CCCCC1C)OCC. The first-order valence-electron chi connectivity index (χ1n) is 6.75. The molecule has 1 fully saturated rings. The highest BCUT2D eigenvalue weighted by atomic mass is 16.7. The van der Waals surface area contributed by atoms with Crippen LogP contribution < -0.4 is 0 Å². The van der Waals surface area contributed by atoms with E-state index in [0.717, 1.165) is 32.2 Å². The summed E-state index contributed by atoms with van der Waals surface area (Å²) in [5.41, 5.74) is 0. The normalized spacial score (nSPS) is 22.9. The van der Waals surface area contributed by atoms with Crippen LogP contribution in [0.15, 0.2) is 0 Å². The van der Waals surface area contributed by atoms with E-state index in [1.54, 1.807) is 0 Å². The lowest BCUT2D eigenvalue weighted by Crippen LogP contribution is -2.39. The predicted molar refractivity (Wildman–Crippen MR) is 66.5 cm³/mol. The Labute approximate surface area is 100 Å². The van der Waals surface area contributed by atoms with Gasteiger partial charge in [0.15, 0.2) is 6.29 Å². The van der Waals surface area contributed by atoms with Gasteiger partial charge in [-0.3, -0.25) is 0 Å². The highest BCUT2D eigenvalue weighted by molar-refractivity contribution is 4.73. The van der Waals surface area contributed by atoms with Gasteiger partial charge in [-0.2, -0.15) is 0 Å². The number of hydrogen-bond acceptors (Lipinski definition) is 3. The third-order valence-electron chi connectivity index (χ3n) is 3.30. The second-order valence-corrected chi connectivity index (χ2v) is 4.51. The molecule has 16 heavy (non-hydrogen) atoms. The van der Waals surface area contributed by atoms with Crippen molar-refractivity contribution in [2.45, 2.75) is 58.8 Å². The maximum Gasteiger partial charge on any atom is 0.158 e. The van der Waals surface area contributed by atoms with Crippen LogP contribution in [-0.4, -0.2) is 43.5 Å². The Morgan fingerprint density at radius 1 is 1.19 bits per heavy atom. The summed E-state index contributed by atoms with van der Waals surface area (Å²) in [6.45, 7) is 10.2. The van der Waals surface area contributed by atoms with Crippen molar-refractivity contribution in [3.63, 3.8) is 0 Å². The summed E-state index contributed by atoms with van der Waals surface area (Å²) in [5, 5.41) is 0. The van der Waals surface area contributed by atoms with Crippen LogP contribution in [0.3, 0.4) is 0 Å². The van der Waals surface area contributed by atoms with Gasteiger partial charge in [0.1, 0.15) is 0 Å². The Hall–Kier alpha value is -0.120. The molecule has 0 saturated carbocycles. The minimum atomic E-state index is -0.0101. The summed E-state index contributed by atoms with van der Waals surface area (Å²) in [6.07, 6.45) is 5.06. The van der Waals surface area contributed by atoms with Crippen molar-refractivity contribution >= 4 is 0 Å². The molecule has 1 aliphatic heterocycles. The molecule has 0 bridgehead atoms. The summed E-state index contributed by atoms with van der Waals surface area (Å²) in [6, 6.07) is 0.734. The number of hydrogen-bond donors (Lipinski definition) is 0. The lowest BCUT2D eigenvalue weighted by molar-refractivity contribution is -0.142. The quantitative estimate of drug-likeness (QED) is 0.626. The van der Waals surface area contributed by atoms with E-state index in [1.165, 1.54) is 25.8 Å². The smallest absolute Gasteiger partial charge is 0.158 e. The highest BCUT2D eigenvalue weighted by Gasteiger charge is 2.19. The van der Waals surface area contributed by atoms with Gasteiger partial charge < -0.3 is 14.4 Å². The molecule has 1 unspecified atom stereocenters. The van der Waals surface area contributed by atoms with E-state index in [1.807, 2.05) is 13.8 Å². The van der Waals surface area contributed by atoms with Crippen molar-refractivity contribution in [2.75, 3.05) is 26.3 Å². The van der Waals surface area contributed by atoms with Crippen LogP contribution in [0.2, 0.25) is 0 Å². The molecule has 3 nitrogen and oxygen atoms in total. The van der Waals surface area contributed by atoms with Crippen LogP contribution in [-0.2, 0) is 9.47 Å². The Balaban J connectivity index is 2.23. The fraction of sp³-hybridized carbons (Fsp3) is 1.00. The summed E-state index contributed by atoms with van der Waals surface area (Å²) in [5.74, 6) is 0. The van der Waals surface area contributed by atoms with Gasteiger partial charge in [-0.1, -0.05) is 6.42 Å². The van der Waals surface area contributed by atoms with E-state index >= 15 is 0 Å². The number of piperidine rings is 1. The van der Waals surface area contributed by atoms with Gasteiger partial charge in [-0.15, -0.1) is 0 Å². The molecule has 1 atom stereocenters. The molecule has 0 aromatic rings. The largest absolute Gasteiger partial charge is 0.353 e. The van der Waals surface area contributed by atoms with Crippen molar-refractivity contribution < 1.29 is 9.47 Å². The third-order valence-corrected chi connectivity index (χ3v) is 3.30. The number of nitrogens with zero attached hydrogens (tertiary/aromatic N) is 1. The van der Waals surface area contributed by atoms with Gasteiger partial charge in [0.2, 0.25) is 0 Å². The molecule has 1 saturated heterocycles. The monoisotopic (exact) mass is 229 g/mol. The van der Waals surface area contributed by atoms with Crippen LogP contribution >= 0.6 is 0 Å². The fourth-order valence-electron chi connectivity index (χ4n) is 2.35. The third kappa shape index (κ3) is 4.81. The average molecular weight is 229 g/mol. The highest BCUT2D eigenvalue weighted by Crippen LogP contribution is 2.17. The summed E-state index contributed by atoms with van der Waals surface area (Å²) in [7, 11) is 0. The summed E-state index contributed by atoms with van der Waals surface area (Å²) < 4.78 is 11.1. The Kier molecular flexibility index (Phi) is 7.01. The van der Waals surface area contributed by atoms with Crippen LogP contribution in [0, 0.1) is 0 Å². The van der Waals surface area contributed by atoms with Crippen molar-refractivity contribution in [2.24, 2.45) is 0 Å².